The van der Waals surface area contributed by atoms with Gasteiger partial charge in [-0.3, -0.25) is 0 Å². The second-order valence-corrected chi connectivity index (χ2v) is 5.00. The normalized spacial score (nSPS) is 10.9. The Morgan fingerprint density at radius 3 is 2.70 bits per heavy atom. The molecule has 3 rings (SSSR count). The minimum atomic E-state index is 0.695. The topological polar surface area (TPSA) is 34.2 Å². The molecule has 4 heteroatoms. The summed E-state index contributed by atoms with van der Waals surface area (Å²) < 4.78 is 5.31. The molecule has 1 heterocycles. The van der Waals surface area contributed by atoms with Crippen LogP contribution in [-0.2, 0) is 0 Å². The molecule has 0 atom stereocenters. The number of benzene rings is 2. The summed E-state index contributed by atoms with van der Waals surface area (Å²) >= 11 is 6.07. The zero-order valence-corrected chi connectivity index (χ0v) is 12.2. The number of methoxy groups -OCH3 is 1. The zero-order chi connectivity index (χ0) is 14.1. The number of aromatic nitrogens is 1. The fourth-order valence-corrected chi connectivity index (χ4v) is 2.56. The molecule has 102 valence electrons. The number of pyridine rings is 1. The van der Waals surface area contributed by atoms with E-state index in [-0.39, 0.29) is 0 Å². The molecule has 2 aromatic carbocycles. The highest BCUT2D eigenvalue weighted by Gasteiger charge is 2.10. The number of hydrogen-bond acceptors (Lipinski definition) is 3. The zero-order valence-electron chi connectivity index (χ0n) is 11.4. The van der Waals surface area contributed by atoms with Crippen molar-refractivity contribution in [2.75, 3.05) is 19.0 Å². The molecule has 0 spiro atoms. The maximum atomic E-state index is 6.07. The second-order valence-electron chi connectivity index (χ2n) is 4.56. The van der Waals surface area contributed by atoms with Crippen LogP contribution in [0.15, 0.2) is 36.4 Å². The smallest absolute Gasteiger partial charge is 0.119 e. The van der Waals surface area contributed by atoms with Gasteiger partial charge in [-0.1, -0.05) is 11.6 Å². The van der Waals surface area contributed by atoms with E-state index in [1.807, 2.05) is 36.4 Å². The maximum absolute atomic E-state index is 6.07. The monoisotopic (exact) mass is 286 g/mol. The Hall–Kier alpha value is -2.00. The molecule has 0 unspecified atom stereocenters. The van der Waals surface area contributed by atoms with Crippen molar-refractivity contribution >= 4 is 39.1 Å². The molecule has 0 saturated heterocycles. The molecule has 1 N–H and O–H groups in total. The van der Waals surface area contributed by atoms with Gasteiger partial charge in [-0.15, -0.1) is 0 Å². The molecule has 0 aliphatic heterocycles. The Morgan fingerprint density at radius 1 is 1.10 bits per heavy atom. The Bertz CT molecular complexity index is 786. The van der Waals surface area contributed by atoms with Crippen molar-refractivity contribution in [1.82, 2.24) is 4.98 Å². The van der Waals surface area contributed by atoms with Gasteiger partial charge in [-0.05, 0) is 43.3 Å². The first-order chi connectivity index (χ1) is 9.72. The lowest BCUT2D eigenvalue weighted by Gasteiger charge is -2.13. The highest BCUT2D eigenvalue weighted by molar-refractivity contribution is 6.31. The molecule has 3 aromatic rings. The Balaban J connectivity index is 2.41. The van der Waals surface area contributed by atoms with Gasteiger partial charge >= 0.3 is 0 Å². The number of nitrogens with zero attached hydrogens (tertiary/aromatic N) is 1. The van der Waals surface area contributed by atoms with Crippen LogP contribution in [0.3, 0.4) is 0 Å². The number of nitrogens with one attached hydrogen (secondary N) is 1. The molecule has 0 bridgehead atoms. The van der Waals surface area contributed by atoms with Crippen LogP contribution >= 0.6 is 11.6 Å². The second kappa shape index (κ2) is 5.17. The van der Waals surface area contributed by atoms with E-state index in [1.54, 1.807) is 7.11 Å². The molecule has 0 radical (unpaired) electrons. The molecule has 1 aromatic heterocycles. The number of hydrogen-bond donors (Lipinski definition) is 1. The number of halogens is 1. The van der Waals surface area contributed by atoms with E-state index in [0.29, 0.717) is 5.02 Å². The highest BCUT2D eigenvalue weighted by Crippen LogP contribution is 2.33. The van der Waals surface area contributed by atoms with Crippen LogP contribution in [0.5, 0.6) is 5.75 Å². The summed E-state index contributed by atoms with van der Waals surface area (Å²) in [5.74, 6) is 0.826. The van der Waals surface area contributed by atoms with Crippen molar-refractivity contribution in [2.45, 2.75) is 6.92 Å². The van der Waals surface area contributed by atoms with E-state index in [9.17, 15) is 0 Å². The van der Waals surface area contributed by atoms with Crippen molar-refractivity contribution in [3.63, 3.8) is 0 Å². The summed E-state index contributed by atoms with van der Waals surface area (Å²) in [6.45, 7) is 2.92. The predicted octanol–water partition coefficient (Wildman–Crippen LogP) is 4.48. The van der Waals surface area contributed by atoms with Crippen molar-refractivity contribution in [3.05, 3.63) is 41.4 Å². The molecule has 20 heavy (non-hydrogen) atoms. The van der Waals surface area contributed by atoms with E-state index >= 15 is 0 Å². The fraction of sp³-hybridized carbons (Fsp3) is 0.188. The first-order valence-electron chi connectivity index (χ1n) is 6.54. The lowest BCUT2D eigenvalue weighted by Crippen LogP contribution is -2.00. The van der Waals surface area contributed by atoms with Crippen molar-refractivity contribution in [1.29, 1.82) is 0 Å². The molecule has 0 amide bonds. The molecule has 0 saturated carbocycles. The molecule has 0 aliphatic carbocycles. The van der Waals surface area contributed by atoms with Crippen molar-refractivity contribution in [2.24, 2.45) is 0 Å². The van der Waals surface area contributed by atoms with Crippen LogP contribution in [0, 0.1) is 0 Å². The third-order valence-corrected chi connectivity index (χ3v) is 3.53. The average molecular weight is 287 g/mol. The standard InChI is InChI=1S/C16H15ClN2O/c1-3-18-16-12-6-4-10(17)8-15(12)19-14-7-5-11(20-2)9-13(14)16/h4-9H,3H2,1-2H3,(H,18,19). The van der Waals surface area contributed by atoms with Crippen LogP contribution in [0.2, 0.25) is 5.02 Å². The van der Waals surface area contributed by atoms with Gasteiger partial charge in [0.1, 0.15) is 5.75 Å². The van der Waals surface area contributed by atoms with Crippen LogP contribution in [0.1, 0.15) is 6.92 Å². The quantitative estimate of drug-likeness (QED) is 0.721. The van der Waals surface area contributed by atoms with Gasteiger partial charge < -0.3 is 10.1 Å². The van der Waals surface area contributed by atoms with E-state index in [2.05, 4.69) is 17.2 Å². The van der Waals surface area contributed by atoms with E-state index in [1.165, 1.54) is 0 Å². The van der Waals surface area contributed by atoms with Crippen molar-refractivity contribution in [3.8, 4) is 5.75 Å². The number of fused-ring (bicyclic) bond motifs is 2. The van der Waals surface area contributed by atoms with E-state index < -0.39 is 0 Å². The van der Waals surface area contributed by atoms with Gasteiger partial charge in [0.05, 0.1) is 23.8 Å². The summed E-state index contributed by atoms with van der Waals surface area (Å²) in [7, 11) is 1.67. The number of rotatable bonds is 3. The Kier molecular flexibility index (Phi) is 3.36. The summed E-state index contributed by atoms with van der Waals surface area (Å²) in [4.78, 5) is 4.68. The van der Waals surface area contributed by atoms with Gasteiger partial charge in [-0.25, -0.2) is 4.98 Å². The molecular weight excluding hydrogens is 272 g/mol. The Labute approximate surface area is 122 Å². The fourth-order valence-electron chi connectivity index (χ4n) is 2.39. The maximum Gasteiger partial charge on any atom is 0.119 e. The predicted molar refractivity (Wildman–Crippen MR) is 85.0 cm³/mol. The average Bonchev–Trinajstić information content (AvgIpc) is 2.46. The summed E-state index contributed by atoms with van der Waals surface area (Å²) in [6.07, 6.45) is 0. The van der Waals surface area contributed by atoms with Crippen LogP contribution < -0.4 is 10.1 Å². The first kappa shape index (κ1) is 13.0. The number of anilines is 1. The lowest BCUT2D eigenvalue weighted by molar-refractivity contribution is 0.415. The first-order valence-corrected chi connectivity index (χ1v) is 6.91. The minimum Gasteiger partial charge on any atom is -0.497 e. The molecule has 3 nitrogen and oxygen atoms in total. The highest BCUT2D eigenvalue weighted by atomic mass is 35.5. The van der Waals surface area contributed by atoms with Crippen LogP contribution in [0.4, 0.5) is 5.69 Å². The molecule has 0 aliphatic rings. The summed E-state index contributed by atoms with van der Waals surface area (Å²) in [6, 6.07) is 11.7. The van der Waals surface area contributed by atoms with E-state index in [0.717, 1.165) is 39.8 Å². The minimum absolute atomic E-state index is 0.695. The van der Waals surface area contributed by atoms with Crippen molar-refractivity contribution < 1.29 is 4.74 Å². The largest absolute Gasteiger partial charge is 0.497 e. The third-order valence-electron chi connectivity index (χ3n) is 3.30. The number of ether oxygens (including phenoxy) is 1. The Morgan fingerprint density at radius 2 is 1.95 bits per heavy atom. The van der Waals surface area contributed by atoms with Gasteiger partial charge in [0.2, 0.25) is 0 Å². The summed E-state index contributed by atoms with van der Waals surface area (Å²) in [5.41, 5.74) is 2.89. The van der Waals surface area contributed by atoms with Gasteiger partial charge in [0.15, 0.2) is 0 Å². The summed E-state index contributed by atoms with van der Waals surface area (Å²) in [5, 5.41) is 6.24. The van der Waals surface area contributed by atoms with Crippen LogP contribution in [0.25, 0.3) is 21.8 Å². The van der Waals surface area contributed by atoms with Crippen LogP contribution in [-0.4, -0.2) is 18.6 Å². The lowest BCUT2D eigenvalue weighted by atomic mass is 10.1. The van der Waals surface area contributed by atoms with E-state index in [4.69, 9.17) is 16.3 Å². The molecule has 0 fully saturated rings. The van der Waals surface area contributed by atoms with Gasteiger partial charge in [0, 0.05) is 22.3 Å². The third kappa shape index (κ3) is 2.14. The van der Waals surface area contributed by atoms with Gasteiger partial charge in [0.25, 0.3) is 0 Å². The SMILES string of the molecule is CCNc1c2ccc(Cl)cc2nc2ccc(OC)cc12. The molecular formula is C16H15ClN2O. The van der Waals surface area contributed by atoms with Gasteiger partial charge in [-0.2, -0.15) is 0 Å².